The molecule has 0 aromatic heterocycles. The van der Waals surface area contributed by atoms with Crippen molar-refractivity contribution < 1.29 is 18.0 Å². The third kappa shape index (κ3) is 5.15. The Morgan fingerprint density at radius 1 is 0.943 bits per heavy atom. The Bertz CT molecular complexity index is 1300. The van der Waals surface area contributed by atoms with Crippen LogP contribution in [0.15, 0.2) is 83.8 Å². The molecule has 2 atom stereocenters. The highest BCUT2D eigenvalue weighted by Crippen LogP contribution is 2.46. The van der Waals surface area contributed by atoms with Crippen LogP contribution in [0.4, 0.5) is 11.4 Å². The molecular formula is C28H30N2O4S. The van der Waals surface area contributed by atoms with E-state index in [-0.39, 0.29) is 46.8 Å². The number of nitrogens with one attached hydrogen (secondary N) is 1. The van der Waals surface area contributed by atoms with Gasteiger partial charge < -0.3 is 10.2 Å². The fraction of sp³-hybridized carbons (Fsp3) is 0.286. The molecule has 0 spiro atoms. The lowest BCUT2D eigenvalue weighted by Crippen LogP contribution is -2.57. The first-order valence-electron chi connectivity index (χ1n) is 11.8. The number of β-lactam (4-membered cyclic amide) rings is 1. The van der Waals surface area contributed by atoms with Crippen LogP contribution in [-0.2, 0) is 25.8 Å². The normalized spacial score (nSPS) is 17.8. The number of carbonyl (C=O) groups is 2. The minimum absolute atomic E-state index is 0.0405. The van der Waals surface area contributed by atoms with Gasteiger partial charge in [-0.2, -0.15) is 0 Å². The molecule has 1 aliphatic rings. The van der Waals surface area contributed by atoms with Gasteiger partial charge in [-0.3, -0.25) is 9.59 Å². The average Bonchev–Trinajstić information content (AvgIpc) is 2.84. The van der Waals surface area contributed by atoms with Gasteiger partial charge in [-0.1, -0.05) is 63.2 Å². The number of anilines is 2. The van der Waals surface area contributed by atoms with Crippen molar-refractivity contribution >= 4 is 33.0 Å². The lowest BCUT2D eigenvalue weighted by Gasteiger charge is -2.49. The van der Waals surface area contributed by atoms with Gasteiger partial charge in [0.15, 0.2) is 9.84 Å². The topological polar surface area (TPSA) is 83.5 Å². The molecule has 1 saturated heterocycles. The fourth-order valence-corrected chi connectivity index (χ4v) is 5.41. The molecule has 0 aliphatic carbocycles. The van der Waals surface area contributed by atoms with Gasteiger partial charge in [0.1, 0.15) is 0 Å². The van der Waals surface area contributed by atoms with Crippen molar-refractivity contribution in [2.24, 2.45) is 11.8 Å². The summed E-state index contributed by atoms with van der Waals surface area (Å²) in [6.45, 7) is 5.74. The second kappa shape index (κ2) is 10.0. The highest BCUT2D eigenvalue weighted by molar-refractivity contribution is 7.91. The maximum absolute atomic E-state index is 12.9. The molecule has 0 unspecified atom stereocenters. The van der Waals surface area contributed by atoms with E-state index >= 15 is 0 Å². The zero-order chi connectivity index (χ0) is 25.2. The second-order valence-electron chi connectivity index (χ2n) is 9.15. The zero-order valence-electron chi connectivity index (χ0n) is 20.1. The monoisotopic (exact) mass is 490 g/mol. The van der Waals surface area contributed by atoms with Crippen molar-refractivity contribution in [1.29, 1.82) is 0 Å². The summed E-state index contributed by atoms with van der Waals surface area (Å²) in [5.41, 5.74) is 3.31. The number of hydrogen-bond donors (Lipinski definition) is 1. The highest BCUT2D eigenvalue weighted by Gasteiger charge is 2.49. The van der Waals surface area contributed by atoms with E-state index < -0.39 is 9.84 Å². The largest absolute Gasteiger partial charge is 0.326 e. The van der Waals surface area contributed by atoms with Crippen LogP contribution in [-0.4, -0.2) is 26.0 Å². The first-order valence-corrected chi connectivity index (χ1v) is 13.5. The SMILES string of the molecule is CCS(=O)(=O)c1ccc(CC(=O)Nc2ccc([C@@H]3[C@H](C(C)C)C(=O)N3c3ccccc3)cc2)cc1. The van der Waals surface area contributed by atoms with Crippen molar-refractivity contribution in [1.82, 2.24) is 0 Å². The molecule has 0 radical (unpaired) electrons. The number of sulfone groups is 1. The summed E-state index contributed by atoms with van der Waals surface area (Å²) in [5.74, 6) is 0.111. The van der Waals surface area contributed by atoms with Crippen molar-refractivity contribution in [3.05, 3.63) is 90.0 Å². The number of carbonyl (C=O) groups excluding carboxylic acids is 2. The van der Waals surface area contributed by atoms with Crippen LogP contribution in [0.3, 0.4) is 0 Å². The molecule has 6 nitrogen and oxygen atoms in total. The highest BCUT2D eigenvalue weighted by atomic mass is 32.2. The van der Waals surface area contributed by atoms with Crippen LogP contribution in [0.5, 0.6) is 0 Å². The van der Waals surface area contributed by atoms with Crippen LogP contribution in [0.25, 0.3) is 0 Å². The van der Waals surface area contributed by atoms with Gasteiger partial charge in [0, 0.05) is 11.4 Å². The van der Waals surface area contributed by atoms with E-state index in [1.807, 2.05) is 59.5 Å². The Kier molecular flexibility index (Phi) is 7.08. The third-order valence-corrected chi connectivity index (χ3v) is 8.21. The number of para-hydroxylation sites is 1. The second-order valence-corrected chi connectivity index (χ2v) is 11.4. The van der Waals surface area contributed by atoms with E-state index in [2.05, 4.69) is 19.2 Å². The minimum Gasteiger partial charge on any atom is -0.326 e. The maximum Gasteiger partial charge on any atom is 0.233 e. The predicted molar refractivity (Wildman–Crippen MR) is 138 cm³/mol. The average molecular weight is 491 g/mol. The summed E-state index contributed by atoms with van der Waals surface area (Å²) in [5, 5.41) is 2.90. The van der Waals surface area contributed by atoms with Crippen LogP contribution < -0.4 is 10.2 Å². The molecular weight excluding hydrogens is 460 g/mol. The summed E-state index contributed by atoms with van der Waals surface area (Å²) in [4.78, 5) is 27.6. The number of amides is 2. The molecule has 4 rings (SSSR count). The lowest BCUT2D eigenvalue weighted by atomic mass is 9.75. The summed E-state index contributed by atoms with van der Waals surface area (Å²) >= 11 is 0. The number of rotatable bonds is 8. The van der Waals surface area contributed by atoms with Crippen molar-refractivity contribution in [2.45, 2.75) is 38.1 Å². The Balaban J connectivity index is 1.44. The predicted octanol–water partition coefficient (Wildman–Crippen LogP) is 5.02. The first kappa shape index (κ1) is 24.7. The Morgan fingerprint density at radius 2 is 1.57 bits per heavy atom. The van der Waals surface area contributed by atoms with Gasteiger partial charge in [-0.05, 0) is 53.4 Å². The van der Waals surface area contributed by atoms with E-state index in [0.29, 0.717) is 5.69 Å². The molecule has 2 amide bonds. The Labute approximate surface area is 206 Å². The summed E-state index contributed by atoms with van der Waals surface area (Å²) in [6.07, 6.45) is 0.141. The lowest BCUT2D eigenvalue weighted by molar-refractivity contribution is -0.132. The van der Waals surface area contributed by atoms with Crippen LogP contribution in [0, 0.1) is 11.8 Å². The number of nitrogens with zero attached hydrogens (tertiary/aromatic N) is 1. The summed E-state index contributed by atoms with van der Waals surface area (Å²) in [6, 6.07) is 23.7. The molecule has 3 aromatic carbocycles. The van der Waals surface area contributed by atoms with Gasteiger partial charge in [0.2, 0.25) is 11.8 Å². The minimum atomic E-state index is -3.26. The zero-order valence-corrected chi connectivity index (χ0v) is 21.0. The molecule has 35 heavy (non-hydrogen) atoms. The van der Waals surface area contributed by atoms with Crippen LogP contribution >= 0.6 is 0 Å². The van der Waals surface area contributed by atoms with E-state index in [0.717, 1.165) is 16.8 Å². The van der Waals surface area contributed by atoms with Crippen molar-refractivity contribution in [3.8, 4) is 0 Å². The molecule has 1 aliphatic heterocycles. The molecule has 7 heteroatoms. The molecule has 1 N–H and O–H groups in total. The van der Waals surface area contributed by atoms with Crippen molar-refractivity contribution in [3.63, 3.8) is 0 Å². The smallest absolute Gasteiger partial charge is 0.233 e. The summed E-state index contributed by atoms with van der Waals surface area (Å²) < 4.78 is 23.9. The standard InChI is InChI=1S/C28H30N2O4S/c1-4-35(33,34)24-16-10-20(11-17-24)18-25(31)29-22-14-12-21(13-15-22)27-26(19(2)3)28(32)30(27)23-8-6-5-7-9-23/h5-17,19,26-27H,4,18H2,1-3H3,(H,29,31)/t26-,27+/m0/s1. The molecule has 1 fully saturated rings. The van der Waals surface area contributed by atoms with Gasteiger partial charge in [-0.25, -0.2) is 8.42 Å². The maximum atomic E-state index is 12.9. The first-order chi connectivity index (χ1) is 16.7. The fourth-order valence-electron chi connectivity index (χ4n) is 4.53. The van der Waals surface area contributed by atoms with Gasteiger partial charge in [-0.15, -0.1) is 0 Å². The number of hydrogen-bond acceptors (Lipinski definition) is 4. The van der Waals surface area contributed by atoms with Gasteiger partial charge >= 0.3 is 0 Å². The van der Waals surface area contributed by atoms with E-state index in [1.165, 1.54) is 0 Å². The van der Waals surface area contributed by atoms with E-state index in [4.69, 9.17) is 0 Å². The van der Waals surface area contributed by atoms with Gasteiger partial charge in [0.25, 0.3) is 0 Å². The number of benzene rings is 3. The third-order valence-electron chi connectivity index (χ3n) is 6.46. The van der Waals surface area contributed by atoms with E-state index in [1.54, 1.807) is 31.2 Å². The van der Waals surface area contributed by atoms with Crippen LogP contribution in [0.1, 0.15) is 37.9 Å². The molecule has 182 valence electrons. The van der Waals surface area contributed by atoms with E-state index in [9.17, 15) is 18.0 Å². The van der Waals surface area contributed by atoms with Gasteiger partial charge in [0.05, 0.1) is 29.0 Å². The Morgan fingerprint density at radius 3 is 2.14 bits per heavy atom. The molecule has 0 saturated carbocycles. The summed E-state index contributed by atoms with van der Waals surface area (Å²) in [7, 11) is -3.26. The Hall–Kier alpha value is -3.45. The van der Waals surface area contributed by atoms with Crippen molar-refractivity contribution in [2.75, 3.05) is 16.0 Å². The molecule has 1 heterocycles. The molecule has 3 aromatic rings. The molecule has 0 bridgehead atoms. The van der Waals surface area contributed by atoms with Crippen LogP contribution in [0.2, 0.25) is 0 Å². The quantitative estimate of drug-likeness (QED) is 0.450.